The molecule has 0 amide bonds. The lowest BCUT2D eigenvalue weighted by molar-refractivity contribution is 0.106. The quantitative estimate of drug-likeness (QED) is 0.187. The van der Waals surface area contributed by atoms with E-state index in [1.807, 2.05) is 0 Å². The summed E-state index contributed by atoms with van der Waals surface area (Å²) in [6.07, 6.45) is 0.913. The SMILES string of the molecule is CCOCC1(CC(C)NC)C(c2ccccc2)=C(c2ccccc2)c2c1ccc(-c1ccccc1)c2-c1ccccc1. The summed E-state index contributed by atoms with van der Waals surface area (Å²) in [6.45, 7) is 5.67. The van der Waals surface area contributed by atoms with E-state index in [-0.39, 0.29) is 11.5 Å². The van der Waals surface area contributed by atoms with Crippen LogP contribution in [0, 0.1) is 0 Å². The molecule has 0 aromatic heterocycles. The zero-order valence-electron chi connectivity index (χ0n) is 24.8. The first-order valence-electron chi connectivity index (χ1n) is 15.1. The van der Waals surface area contributed by atoms with Gasteiger partial charge in [-0.2, -0.15) is 0 Å². The highest BCUT2D eigenvalue weighted by atomic mass is 16.5. The summed E-state index contributed by atoms with van der Waals surface area (Å²) in [4.78, 5) is 0. The molecular formula is C40H39NO. The summed E-state index contributed by atoms with van der Waals surface area (Å²) in [5.41, 5.74) is 12.4. The molecule has 2 nitrogen and oxygen atoms in total. The summed E-state index contributed by atoms with van der Waals surface area (Å²) < 4.78 is 6.46. The average molecular weight is 550 g/mol. The van der Waals surface area contributed by atoms with E-state index in [1.165, 1.54) is 55.7 Å². The molecule has 0 radical (unpaired) electrons. The van der Waals surface area contributed by atoms with Crippen molar-refractivity contribution in [2.24, 2.45) is 0 Å². The third-order valence-electron chi connectivity index (χ3n) is 8.67. The Morgan fingerprint density at radius 2 is 1.14 bits per heavy atom. The summed E-state index contributed by atoms with van der Waals surface area (Å²) in [7, 11) is 2.06. The Bertz CT molecular complexity index is 1660. The van der Waals surface area contributed by atoms with Crippen LogP contribution >= 0.6 is 0 Å². The molecule has 2 heteroatoms. The number of benzene rings is 5. The van der Waals surface area contributed by atoms with Crippen molar-refractivity contribution in [3.05, 3.63) is 156 Å². The van der Waals surface area contributed by atoms with Crippen LogP contribution in [0.3, 0.4) is 0 Å². The minimum Gasteiger partial charge on any atom is -0.380 e. The monoisotopic (exact) mass is 549 g/mol. The van der Waals surface area contributed by atoms with Gasteiger partial charge in [-0.3, -0.25) is 0 Å². The molecule has 0 saturated heterocycles. The van der Waals surface area contributed by atoms with Crippen LogP contribution in [-0.4, -0.2) is 26.3 Å². The van der Waals surface area contributed by atoms with E-state index >= 15 is 0 Å². The van der Waals surface area contributed by atoms with Gasteiger partial charge in [-0.25, -0.2) is 0 Å². The Labute approximate surface area is 250 Å². The molecule has 0 spiro atoms. The lowest BCUT2D eigenvalue weighted by atomic mass is 9.70. The largest absolute Gasteiger partial charge is 0.380 e. The second-order valence-electron chi connectivity index (χ2n) is 11.2. The van der Waals surface area contributed by atoms with Crippen molar-refractivity contribution in [3.8, 4) is 22.3 Å². The van der Waals surface area contributed by atoms with Crippen LogP contribution in [0.4, 0.5) is 0 Å². The van der Waals surface area contributed by atoms with Gasteiger partial charge in [0.25, 0.3) is 0 Å². The van der Waals surface area contributed by atoms with Crippen molar-refractivity contribution in [2.75, 3.05) is 20.3 Å². The Hall–Kier alpha value is -4.24. The van der Waals surface area contributed by atoms with E-state index in [0.29, 0.717) is 13.2 Å². The molecule has 1 N–H and O–H groups in total. The molecule has 1 aliphatic rings. The second-order valence-corrected chi connectivity index (χ2v) is 11.2. The predicted molar refractivity (Wildman–Crippen MR) is 177 cm³/mol. The van der Waals surface area contributed by atoms with E-state index in [2.05, 4.69) is 160 Å². The number of nitrogens with one attached hydrogen (secondary N) is 1. The van der Waals surface area contributed by atoms with Gasteiger partial charge in [0, 0.05) is 18.1 Å². The first-order valence-corrected chi connectivity index (χ1v) is 15.1. The van der Waals surface area contributed by atoms with Gasteiger partial charge in [-0.05, 0) is 83.0 Å². The van der Waals surface area contributed by atoms with Gasteiger partial charge in [0.15, 0.2) is 0 Å². The van der Waals surface area contributed by atoms with Gasteiger partial charge >= 0.3 is 0 Å². The van der Waals surface area contributed by atoms with Crippen molar-refractivity contribution in [1.29, 1.82) is 0 Å². The van der Waals surface area contributed by atoms with Crippen LogP contribution in [0.2, 0.25) is 0 Å². The number of ether oxygens (including phenoxy) is 1. The molecule has 210 valence electrons. The highest BCUT2D eigenvalue weighted by molar-refractivity contribution is 6.12. The third kappa shape index (κ3) is 5.02. The van der Waals surface area contributed by atoms with E-state index in [9.17, 15) is 0 Å². The van der Waals surface area contributed by atoms with E-state index in [0.717, 1.165) is 6.42 Å². The summed E-state index contributed by atoms with van der Waals surface area (Å²) in [6, 6.07) is 48.7. The van der Waals surface area contributed by atoms with Gasteiger partial charge in [0.05, 0.1) is 6.61 Å². The Morgan fingerprint density at radius 1 is 0.619 bits per heavy atom. The number of rotatable bonds is 10. The number of hydrogen-bond acceptors (Lipinski definition) is 2. The molecule has 0 fully saturated rings. The Balaban J connectivity index is 1.81. The topological polar surface area (TPSA) is 21.3 Å². The summed E-state index contributed by atoms with van der Waals surface area (Å²) in [5, 5.41) is 3.56. The zero-order valence-corrected chi connectivity index (χ0v) is 24.8. The Kier molecular flexibility index (Phi) is 8.19. The predicted octanol–water partition coefficient (Wildman–Crippen LogP) is 9.27. The average Bonchev–Trinajstić information content (AvgIpc) is 3.34. The fourth-order valence-corrected chi connectivity index (χ4v) is 6.76. The molecule has 2 unspecified atom stereocenters. The van der Waals surface area contributed by atoms with Crippen LogP contribution in [0.1, 0.15) is 42.5 Å². The molecule has 0 saturated carbocycles. The third-order valence-corrected chi connectivity index (χ3v) is 8.67. The standard InChI is InChI=1S/C40H39NO/c1-4-42-28-40(27-29(2)41-3)35-26-25-34(30-17-9-5-10-18-30)36(31-19-11-6-12-20-31)38(35)37(32-21-13-7-14-22-32)39(40)33-23-15-8-16-24-33/h5-26,29,41H,4,27-28H2,1-3H3. The Morgan fingerprint density at radius 3 is 1.69 bits per heavy atom. The van der Waals surface area contributed by atoms with Crippen molar-refractivity contribution >= 4 is 11.1 Å². The van der Waals surface area contributed by atoms with Crippen molar-refractivity contribution in [1.82, 2.24) is 5.32 Å². The second kappa shape index (κ2) is 12.3. The van der Waals surface area contributed by atoms with Crippen molar-refractivity contribution in [2.45, 2.75) is 31.7 Å². The summed E-state index contributed by atoms with van der Waals surface area (Å²) in [5.74, 6) is 0. The normalized spacial score (nSPS) is 16.8. The molecule has 42 heavy (non-hydrogen) atoms. The lowest BCUT2D eigenvalue weighted by Crippen LogP contribution is -2.39. The van der Waals surface area contributed by atoms with Gasteiger partial charge < -0.3 is 10.1 Å². The van der Waals surface area contributed by atoms with Gasteiger partial charge in [-0.15, -0.1) is 0 Å². The van der Waals surface area contributed by atoms with E-state index < -0.39 is 0 Å². The molecular weight excluding hydrogens is 510 g/mol. The number of fused-ring (bicyclic) bond motifs is 1. The van der Waals surface area contributed by atoms with Crippen LogP contribution in [0.15, 0.2) is 133 Å². The molecule has 0 bridgehead atoms. The fourth-order valence-electron chi connectivity index (χ4n) is 6.76. The first kappa shape index (κ1) is 27.9. The van der Waals surface area contributed by atoms with Crippen LogP contribution in [0.25, 0.3) is 33.4 Å². The minimum atomic E-state index is -0.348. The van der Waals surface area contributed by atoms with Crippen LogP contribution < -0.4 is 5.32 Å². The minimum absolute atomic E-state index is 0.279. The van der Waals surface area contributed by atoms with Gasteiger partial charge in [0.1, 0.15) is 0 Å². The molecule has 5 aromatic rings. The highest BCUT2D eigenvalue weighted by Crippen LogP contribution is 2.59. The molecule has 0 heterocycles. The smallest absolute Gasteiger partial charge is 0.0604 e. The van der Waals surface area contributed by atoms with Crippen LogP contribution in [-0.2, 0) is 10.2 Å². The maximum absolute atomic E-state index is 6.46. The lowest BCUT2D eigenvalue weighted by Gasteiger charge is -2.37. The molecule has 5 aromatic carbocycles. The molecule has 0 aliphatic heterocycles. The van der Waals surface area contributed by atoms with E-state index in [4.69, 9.17) is 4.74 Å². The fraction of sp³-hybridized carbons (Fsp3) is 0.200. The molecule has 1 aliphatic carbocycles. The number of hydrogen-bond donors (Lipinski definition) is 1. The summed E-state index contributed by atoms with van der Waals surface area (Å²) >= 11 is 0. The van der Waals surface area contributed by atoms with E-state index in [1.54, 1.807) is 0 Å². The molecule has 6 rings (SSSR count). The highest BCUT2D eigenvalue weighted by Gasteiger charge is 2.48. The maximum atomic E-state index is 6.46. The van der Waals surface area contributed by atoms with Crippen molar-refractivity contribution < 1.29 is 4.74 Å². The maximum Gasteiger partial charge on any atom is 0.0604 e. The van der Waals surface area contributed by atoms with Crippen LogP contribution in [0.5, 0.6) is 0 Å². The molecule has 2 atom stereocenters. The van der Waals surface area contributed by atoms with Gasteiger partial charge in [0.2, 0.25) is 0 Å². The first-order chi connectivity index (χ1) is 20.7. The zero-order chi connectivity index (χ0) is 28.9. The van der Waals surface area contributed by atoms with Crippen molar-refractivity contribution in [3.63, 3.8) is 0 Å². The van der Waals surface area contributed by atoms with Gasteiger partial charge in [-0.1, -0.05) is 133 Å².